The Hall–Kier alpha value is -2.43. The molecule has 0 spiro atoms. The van der Waals surface area contributed by atoms with E-state index in [0.29, 0.717) is 30.0 Å². The summed E-state index contributed by atoms with van der Waals surface area (Å²) >= 11 is 0. The molecule has 0 atom stereocenters. The van der Waals surface area contributed by atoms with Crippen LogP contribution in [0.25, 0.3) is 0 Å². The molecule has 1 saturated heterocycles. The van der Waals surface area contributed by atoms with Gasteiger partial charge in [0, 0.05) is 30.9 Å². The number of anilines is 2. The summed E-state index contributed by atoms with van der Waals surface area (Å²) in [5.41, 5.74) is 1.31. The van der Waals surface area contributed by atoms with E-state index in [1.807, 2.05) is 0 Å². The van der Waals surface area contributed by atoms with Crippen molar-refractivity contribution in [2.75, 3.05) is 35.5 Å². The molecule has 1 aliphatic heterocycles. The third-order valence-electron chi connectivity index (χ3n) is 5.17. The Morgan fingerprint density at radius 2 is 1.52 bits per heavy atom. The maximum atomic E-state index is 12.7. The molecule has 0 radical (unpaired) electrons. The van der Waals surface area contributed by atoms with Gasteiger partial charge in [-0.3, -0.25) is 9.10 Å². The molecule has 1 aliphatic rings. The monoisotopic (exact) mass is 465 g/mol. The fraction of sp³-hybridized carbons (Fsp3) is 0.381. The summed E-state index contributed by atoms with van der Waals surface area (Å²) in [6.45, 7) is 3.09. The molecule has 1 heterocycles. The zero-order valence-corrected chi connectivity index (χ0v) is 19.2. The Morgan fingerprint density at radius 1 is 0.935 bits per heavy atom. The highest BCUT2D eigenvalue weighted by atomic mass is 32.2. The molecule has 31 heavy (non-hydrogen) atoms. The number of rotatable bonds is 7. The molecule has 3 rings (SSSR count). The minimum atomic E-state index is -3.52. The predicted molar refractivity (Wildman–Crippen MR) is 121 cm³/mol. The van der Waals surface area contributed by atoms with Crippen molar-refractivity contribution in [3.8, 4) is 0 Å². The van der Waals surface area contributed by atoms with Gasteiger partial charge < -0.3 is 5.32 Å². The number of carbonyl (C=O) groups is 1. The van der Waals surface area contributed by atoms with E-state index in [2.05, 4.69) is 5.32 Å². The SMILES string of the molecule is CCN(c1ccc(C(=O)Nc2ccc(S(=O)(=O)N3CCCCC3)cc2)cc1)S(C)(=O)=O. The number of nitrogens with zero attached hydrogens (tertiary/aromatic N) is 2. The molecule has 1 fully saturated rings. The number of amides is 1. The highest BCUT2D eigenvalue weighted by Gasteiger charge is 2.25. The number of hydrogen-bond acceptors (Lipinski definition) is 5. The number of carbonyl (C=O) groups excluding carboxylic acids is 1. The van der Waals surface area contributed by atoms with Crippen LogP contribution in [0.5, 0.6) is 0 Å². The van der Waals surface area contributed by atoms with E-state index in [-0.39, 0.29) is 17.3 Å². The molecule has 8 nitrogen and oxygen atoms in total. The molecule has 2 aromatic rings. The highest BCUT2D eigenvalue weighted by molar-refractivity contribution is 7.92. The molecule has 168 valence electrons. The Bertz CT molecular complexity index is 1120. The normalized spacial score (nSPS) is 15.4. The Labute approximate surface area is 184 Å². The van der Waals surface area contributed by atoms with Gasteiger partial charge in [0.05, 0.1) is 16.8 Å². The van der Waals surface area contributed by atoms with Crippen LogP contribution < -0.4 is 9.62 Å². The van der Waals surface area contributed by atoms with Crippen molar-refractivity contribution in [1.82, 2.24) is 4.31 Å². The van der Waals surface area contributed by atoms with E-state index in [0.717, 1.165) is 25.5 Å². The summed E-state index contributed by atoms with van der Waals surface area (Å²) < 4.78 is 51.8. The van der Waals surface area contributed by atoms with Crippen molar-refractivity contribution in [3.63, 3.8) is 0 Å². The van der Waals surface area contributed by atoms with E-state index in [1.54, 1.807) is 43.3 Å². The van der Waals surface area contributed by atoms with E-state index >= 15 is 0 Å². The second-order valence-corrected chi connectivity index (χ2v) is 11.3. The van der Waals surface area contributed by atoms with E-state index in [1.165, 1.54) is 20.7 Å². The van der Waals surface area contributed by atoms with Gasteiger partial charge in [-0.2, -0.15) is 4.31 Å². The van der Waals surface area contributed by atoms with Crippen LogP contribution in [0.2, 0.25) is 0 Å². The molecular formula is C21H27N3O5S2. The average molecular weight is 466 g/mol. The van der Waals surface area contributed by atoms with Gasteiger partial charge in [0.25, 0.3) is 5.91 Å². The number of sulfonamides is 2. The van der Waals surface area contributed by atoms with Gasteiger partial charge in [0.15, 0.2) is 0 Å². The smallest absolute Gasteiger partial charge is 0.255 e. The third-order valence-corrected chi connectivity index (χ3v) is 8.35. The Kier molecular flexibility index (Phi) is 7.03. The summed E-state index contributed by atoms with van der Waals surface area (Å²) in [4.78, 5) is 12.7. The first-order valence-corrected chi connectivity index (χ1v) is 13.4. The van der Waals surface area contributed by atoms with Crippen LogP contribution in [0.1, 0.15) is 36.5 Å². The fourth-order valence-electron chi connectivity index (χ4n) is 3.56. The first-order valence-electron chi connectivity index (χ1n) is 10.1. The summed E-state index contributed by atoms with van der Waals surface area (Å²) in [6, 6.07) is 12.4. The number of nitrogens with one attached hydrogen (secondary N) is 1. The zero-order chi connectivity index (χ0) is 22.6. The van der Waals surface area contributed by atoms with E-state index < -0.39 is 20.0 Å². The first kappa shape index (κ1) is 23.2. The number of piperidine rings is 1. The lowest BCUT2D eigenvalue weighted by atomic mass is 10.2. The molecule has 0 aromatic heterocycles. The third kappa shape index (κ3) is 5.44. The van der Waals surface area contributed by atoms with E-state index in [9.17, 15) is 21.6 Å². The lowest BCUT2D eigenvalue weighted by Gasteiger charge is -2.25. The minimum Gasteiger partial charge on any atom is -0.322 e. The van der Waals surface area contributed by atoms with Crippen LogP contribution in [0, 0.1) is 0 Å². The number of benzene rings is 2. The van der Waals surface area contributed by atoms with Crippen molar-refractivity contribution < 1.29 is 21.6 Å². The van der Waals surface area contributed by atoms with Gasteiger partial charge in [-0.25, -0.2) is 16.8 Å². The van der Waals surface area contributed by atoms with Gasteiger partial charge in [-0.15, -0.1) is 0 Å². The van der Waals surface area contributed by atoms with Crippen LogP contribution >= 0.6 is 0 Å². The average Bonchev–Trinajstić information content (AvgIpc) is 2.75. The summed E-state index contributed by atoms with van der Waals surface area (Å²) in [5, 5.41) is 2.73. The van der Waals surface area contributed by atoms with Gasteiger partial charge in [0.2, 0.25) is 20.0 Å². The molecular weight excluding hydrogens is 438 g/mol. The second-order valence-electron chi connectivity index (χ2n) is 7.42. The zero-order valence-electron chi connectivity index (χ0n) is 17.6. The molecule has 0 bridgehead atoms. The molecule has 10 heteroatoms. The minimum absolute atomic E-state index is 0.206. The summed E-state index contributed by atoms with van der Waals surface area (Å²) in [5.74, 6) is -0.374. The molecule has 1 amide bonds. The van der Waals surface area contributed by atoms with Crippen molar-refractivity contribution in [1.29, 1.82) is 0 Å². The maximum Gasteiger partial charge on any atom is 0.255 e. The predicted octanol–water partition coefficient (Wildman–Crippen LogP) is 2.90. The van der Waals surface area contributed by atoms with Crippen molar-refractivity contribution in [2.45, 2.75) is 31.1 Å². The van der Waals surface area contributed by atoms with E-state index in [4.69, 9.17) is 0 Å². The first-order chi connectivity index (χ1) is 14.6. The van der Waals surface area contributed by atoms with Gasteiger partial charge in [-0.1, -0.05) is 6.42 Å². The van der Waals surface area contributed by atoms with Gasteiger partial charge in [0.1, 0.15) is 0 Å². The summed E-state index contributed by atoms with van der Waals surface area (Å²) in [7, 11) is -6.91. The van der Waals surface area contributed by atoms with Crippen LogP contribution in [-0.2, 0) is 20.0 Å². The molecule has 2 aromatic carbocycles. The largest absolute Gasteiger partial charge is 0.322 e. The topological polar surface area (TPSA) is 104 Å². The summed E-state index contributed by atoms with van der Waals surface area (Å²) in [6.07, 6.45) is 3.91. The Morgan fingerprint density at radius 3 is 2.03 bits per heavy atom. The molecule has 0 saturated carbocycles. The number of hydrogen-bond donors (Lipinski definition) is 1. The van der Waals surface area contributed by atoms with Gasteiger partial charge >= 0.3 is 0 Å². The molecule has 0 aliphatic carbocycles. The molecule has 1 N–H and O–H groups in total. The fourth-order valence-corrected chi connectivity index (χ4v) is 6.05. The highest BCUT2D eigenvalue weighted by Crippen LogP contribution is 2.23. The van der Waals surface area contributed by atoms with Crippen LogP contribution in [0.4, 0.5) is 11.4 Å². The maximum absolute atomic E-state index is 12.7. The second kappa shape index (κ2) is 9.37. The Balaban J connectivity index is 1.69. The van der Waals surface area contributed by atoms with Crippen LogP contribution in [0.15, 0.2) is 53.4 Å². The van der Waals surface area contributed by atoms with Crippen molar-refractivity contribution in [2.24, 2.45) is 0 Å². The molecule has 0 unspecified atom stereocenters. The quantitative estimate of drug-likeness (QED) is 0.677. The lowest BCUT2D eigenvalue weighted by molar-refractivity contribution is 0.102. The van der Waals surface area contributed by atoms with Crippen LogP contribution in [-0.4, -0.2) is 52.9 Å². The van der Waals surface area contributed by atoms with Crippen molar-refractivity contribution >= 4 is 37.3 Å². The lowest BCUT2D eigenvalue weighted by Crippen LogP contribution is -2.35. The van der Waals surface area contributed by atoms with Crippen LogP contribution in [0.3, 0.4) is 0 Å². The van der Waals surface area contributed by atoms with Gasteiger partial charge in [-0.05, 0) is 68.3 Å². The standard InChI is InChI=1S/C21H27N3O5S2/c1-3-24(30(2,26)27)19-11-7-17(8-12-19)21(25)22-18-9-13-20(14-10-18)31(28,29)23-15-5-4-6-16-23/h7-14H,3-6,15-16H2,1-2H3,(H,22,25). The van der Waals surface area contributed by atoms with Crippen molar-refractivity contribution in [3.05, 3.63) is 54.1 Å².